The molecule has 114 valence electrons. The summed E-state index contributed by atoms with van der Waals surface area (Å²) in [4.78, 5) is 0. The number of hydrogen-bond acceptors (Lipinski definition) is 2. The van der Waals surface area contributed by atoms with Crippen molar-refractivity contribution in [2.45, 2.75) is 39.4 Å². The van der Waals surface area contributed by atoms with E-state index in [2.05, 4.69) is 66.5 Å². The van der Waals surface area contributed by atoms with Gasteiger partial charge in [-0.3, -0.25) is 0 Å². The van der Waals surface area contributed by atoms with Crippen LogP contribution in [0.25, 0.3) is 0 Å². The molecular formula is C18H26N2O. The molecule has 0 saturated carbocycles. The molecule has 0 radical (unpaired) electrons. The quantitative estimate of drug-likeness (QED) is 0.782. The summed E-state index contributed by atoms with van der Waals surface area (Å²) in [6.45, 7) is 6.38. The van der Waals surface area contributed by atoms with Crippen molar-refractivity contribution in [3.8, 4) is 0 Å². The lowest BCUT2D eigenvalue weighted by atomic mass is 10.0. The number of aliphatic hydroxyl groups excluding tert-OH is 1. The first-order valence-corrected chi connectivity index (χ1v) is 7.72. The zero-order chi connectivity index (χ0) is 15.1. The third-order valence-corrected chi connectivity index (χ3v) is 3.83. The van der Waals surface area contributed by atoms with E-state index in [0.29, 0.717) is 12.0 Å². The molecule has 0 amide bonds. The van der Waals surface area contributed by atoms with Crippen LogP contribution in [0.4, 0.5) is 0 Å². The third kappa shape index (κ3) is 5.03. The summed E-state index contributed by atoms with van der Waals surface area (Å²) < 4.78 is 2.21. The third-order valence-electron chi connectivity index (χ3n) is 3.83. The molecule has 0 spiro atoms. The smallest absolute Gasteiger partial charge is 0.0470 e. The molecule has 1 unspecified atom stereocenters. The number of rotatable bonds is 8. The van der Waals surface area contributed by atoms with Gasteiger partial charge >= 0.3 is 0 Å². The summed E-state index contributed by atoms with van der Waals surface area (Å²) in [5, 5.41) is 12.6. The van der Waals surface area contributed by atoms with E-state index in [0.717, 1.165) is 19.5 Å². The summed E-state index contributed by atoms with van der Waals surface area (Å²) in [5.74, 6) is 0.531. The zero-order valence-electron chi connectivity index (χ0n) is 13.0. The highest BCUT2D eigenvalue weighted by Gasteiger charge is 2.12. The number of aromatic nitrogens is 1. The van der Waals surface area contributed by atoms with Gasteiger partial charge in [-0.15, -0.1) is 0 Å². The highest BCUT2D eigenvalue weighted by atomic mass is 16.3. The minimum atomic E-state index is 0.241. The minimum Gasteiger partial charge on any atom is -0.396 e. The van der Waals surface area contributed by atoms with Crippen LogP contribution in [0.15, 0.2) is 48.8 Å². The highest BCUT2D eigenvalue weighted by Crippen LogP contribution is 2.09. The lowest BCUT2D eigenvalue weighted by molar-refractivity contribution is 0.244. The fourth-order valence-corrected chi connectivity index (χ4v) is 2.55. The van der Waals surface area contributed by atoms with Crippen LogP contribution >= 0.6 is 0 Å². The van der Waals surface area contributed by atoms with Crippen molar-refractivity contribution in [1.29, 1.82) is 0 Å². The molecule has 3 nitrogen and oxygen atoms in total. The molecule has 1 aromatic heterocycles. The van der Waals surface area contributed by atoms with Gasteiger partial charge in [-0.1, -0.05) is 44.2 Å². The fourth-order valence-electron chi connectivity index (χ4n) is 2.55. The first kappa shape index (κ1) is 15.8. The fraction of sp³-hybridized carbons (Fsp3) is 0.444. The van der Waals surface area contributed by atoms with Gasteiger partial charge in [0.1, 0.15) is 0 Å². The van der Waals surface area contributed by atoms with Crippen LogP contribution in [-0.4, -0.2) is 22.3 Å². The largest absolute Gasteiger partial charge is 0.396 e. The van der Waals surface area contributed by atoms with Crippen LogP contribution < -0.4 is 5.32 Å². The van der Waals surface area contributed by atoms with Crippen molar-refractivity contribution < 1.29 is 5.11 Å². The van der Waals surface area contributed by atoms with Crippen LogP contribution in [0.3, 0.4) is 0 Å². The maximum atomic E-state index is 9.11. The molecule has 0 aliphatic heterocycles. The lowest BCUT2D eigenvalue weighted by Crippen LogP contribution is -2.34. The van der Waals surface area contributed by atoms with Gasteiger partial charge < -0.3 is 15.0 Å². The number of nitrogens with zero attached hydrogens (tertiary/aromatic N) is 1. The van der Waals surface area contributed by atoms with E-state index in [1.807, 2.05) is 6.07 Å². The second-order valence-corrected chi connectivity index (χ2v) is 5.92. The van der Waals surface area contributed by atoms with Gasteiger partial charge in [0.15, 0.2) is 0 Å². The SMILES string of the molecule is CC(C)C(CCO)NCc1ccn(Cc2ccccc2)c1. The second kappa shape index (κ2) is 8.01. The molecule has 0 aliphatic carbocycles. The van der Waals surface area contributed by atoms with Crippen molar-refractivity contribution in [2.75, 3.05) is 6.61 Å². The van der Waals surface area contributed by atoms with E-state index >= 15 is 0 Å². The summed E-state index contributed by atoms with van der Waals surface area (Å²) >= 11 is 0. The molecule has 3 heteroatoms. The molecule has 21 heavy (non-hydrogen) atoms. The Bertz CT molecular complexity index is 519. The molecule has 1 aromatic carbocycles. The highest BCUT2D eigenvalue weighted by molar-refractivity contribution is 5.17. The summed E-state index contributed by atoms with van der Waals surface area (Å²) in [5.41, 5.74) is 2.60. The van der Waals surface area contributed by atoms with Crippen molar-refractivity contribution in [3.05, 3.63) is 59.9 Å². The molecule has 0 fully saturated rings. The van der Waals surface area contributed by atoms with E-state index in [4.69, 9.17) is 5.11 Å². The molecule has 0 bridgehead atoms. The van der Waals surface area contributed by atoms with E-state index < -0.39 is 0 Å². The predicted octanol–water partition coefficient (Wildman–Crippen LogP) is 3.03. The van der Waals surface area contributed by atoms with Gasteiger partial charge in [-0.05, 0) is 29.5 Å². The van der Waals surface area contributed by atoms with Crippen LogP contribution in [0.1, 0.15) is 31.4 Å². The summed E-state index contributed by atoms with van der Waals surface area (Å²) in [6, 6.07) is 13.0. The average Bonchev–Trinajstić information content (AvgIpc) is 2.92. The Morgan fingerprint density at radius 3 is 2.52 bits per heavy atom. The molecule has 2 rings (SSSR count). The number of nitrogens with one attached hydrogen (secondary N) is 1. The number of hydrogen-bond donors (Lipinski definition) is 2. The topological polar surface area (TPSA) is 37.2 Å². The summed E-state index contributed by atoms with van der Waals surface area (Å²) in [6.07, 6.45) is 5.12. The Morgan fingerprint density at radius 2 is 1.86 bits per heavy atom. The van der Waals surface area contributed by atoms with E-state index in [1.54, 1.807) is 0 Å². The zero-order valence-corrected chi connectivity index (χ0v) is 13.0. The van der Waals surface area contributed by atoms with Gasteiger partial charge in [0.2, 0.25) is 0 Å². The van der Waals surface area contributed by atoms with E-state index in [9.17, 15) is 0 Å². The second-order valence-electron chi connectivity index (χ2n) is 5.92. The molecular weight excluding hydrogens is 260 g/mol. The predicted molar refractivity (Wildman–Crippen MR) is 87.1 cm³/mol. The van der Waals surface area contributed by atoms with Gasteiger partial charge in [-0.25, -0.2) is 0 Å². The maximum absolute atomic E-state index is 9.11. The van der Waals surface area contributed by atoms with Gasteiger partial charge in [0.05, 0.1) is 0 Å². The van der Waals surface area contributed by atoms with E-state index in [-0.39, 0.29) is 6.61 Å². The van der Waals surface area contributed by atoms with Crippen LogP contribution in [0.2, 0.25) is 0 Å². The molecule has 2 aromatic rings. The lowest BCUT2D eigenvalue weighted by Gasteiger charge is -2.21. The monoisotopic (exact) mass is 286 g/mol. The molecule has 0 aliphatic rings. The van der Waals surface area contributed by atoms with Crippen LogP contribution in [0, 0.1) is 5.92 Å². The van der Waals surface area contributed by atoms with Gasteiger partial charge in [-0.2, -0.15) is 0 Å². The minimum absolute atomic E-state index is 0.241. The van der Waals surface area contributed by atoms with Crippen LogP contribution in [0.5, 0.6) is 0 Å². The van der Waals surface area contributed by atoms with Gasteiger partial charge in [0.25, 0.3) is 0 Å². The van der Waals surface area contributed by atoms with Gasteiger partial charge in [0, 0.05) is 38.1 Å². The normalized spacial score (nSPS) is 12.8. The molecule has 1 atom stereocenters. The van der Waals surface area contributed by atoms with Crippen molar-refractivity contribution >= 4 is 0 Å². The molecule has 2 N–H and O–H groups in total. The van der Waals surface area contributed by atoms with E-state index in [1.165, 1.54) is 11.1 Å². The van der Waals surface area contributed by atoms with Crippen molar-refractivity contribution in [1.82, 2.24) is 9.88 Å². The number of aliphatic hydroxyl groups is 1. The van der Waals surface area contributed by atoms with Crippen molar-refractivity contribution in [2.24, 2.45) is 5.92 Å². The first-order chi connectivity index (χ1) is 10.2. The Morgan fingerprint density at radius 1 is 1.10 bits per heavy atom. The Hall–Kier alpha value is -1.58. The van der Waals surface area contributed by atoms with Crippen LogP contribution in [-0.2, 0) is 13.1 Å². The Kier molecular flexibility index (Phi) is 6.03. The molecule has 0 saturated heterocycles. The number of benzene rings is 1. The summed E-state index contributed by atoms with van der Waals surface area (Å²) in [7, 11) is 0. The maximum Gasteiger partial charge on any atom is 0.0470 e. The Balaban J connectivity index is 1.88. The standard InChI is InChI=1S/C18H26N2O/c1-15(2)18(9-11-21)19-12-17-8-10-20(14-17)13-16-6-4-3-5-7-16/h3-8,10,14-15,18-19,21H,9,11-13H2,1-2H3. The Labute approximate surface area is 127 Å². The van der Waals surface area contributed by atoms with Crippen molar-refractivity contribution in [3.63, 3.8) is 0 Å². The first-order valence-electron chi connectivity index (χ1n) is 7.72. The molecule has 1 heterocycles. The average molecular weight is 286 g/mol.